The number of benzene rings is 3. The van der Waals surface area contributed by atoms with Gasteiger partial charge in [-0.05, 0) is 53.8 Å². The predicted octanol–water partition coefficient (Wildman–Crippen LogP) is 9.13. The SMILES string of the molecule is O=C(c1ccc(-c2nn(C(c3ccccc3)(c3ccccc3)c3ccccc3)cc2-c2ccc3ncc(-c4nccs4)n3c2)s1)N1CCCC1. The molecule has 3 aromatic carbocycles. The number of rotatable bonds is 8. The predicted molar refractivity (Wildman–Crippen MR) is 201 cm³/mol. The fourth-order valence-corrected chi connectivity index (χ4v) is 8.80. The van der Waals surface area contributed by atoms with E-state index in [4.69, 9.17) is 5.10 Å². The van der Waals surface area contributed by atoms with E-state index in [1.807, 2.05) is 34.8 Å². The monoisotopic (exact) mass is 688 g/mol. The van der Waals surface area contributed by atoms with Gasteiger partial charge >= 0.3 is 0 Å². The summed E-state index contributed by atoms with van der Waals surface area (Å²) >= 11 is 3.10. The molecule has 1 fully saturated rings. The summed E-state index contributed by atoms with van der Waals surface area (Å²) in [5.74, 6) is 0.0971. The van der Waals surface area contributed by atoms with Crippen LogP contribution in [0.25, 0.3) is 38.0 Å². The lowest BCUT2D eigenvalue weighted by Crippen LogP contribution is -2.38. The van der Waals surface area contributed by atoms with Crippen LogP contribution in [-0.2, 0) is 5.54 Å². The Labute approximate surface area is 297 Å². The average Bonchev–Trinajstić information content (AvgIpc) is 4.02. The number of hydrogen-bond donors (Lipinski definition) is 0. The second-order valence-electron chi connectivity index (χ2n) is 12.4. The van der Waals surface area contributed by atoms with Crippen LogP contribution < -0.4 is 0 Å². The van der Waals surface area contributed by atoms with E-state index in [0.29, 0.717) is 0 Å². The van der Waals surface area contributed by atoms with Crippen LogP contribution in [0.15, 0.2) is 145 Å². The molecular formula is C41H32N6OS2. The molecule has 9 rings (SSSR count). The number of imidazole rings is 1. The van der Waals surface area contributed by atoms with E-state index in [0.717, 1.165) is 85.5 Å². The van der Waals surface area contributed by atoms with Crippen molar-refractivity contribution in [2.24, 2.45) is 0 Å². The molecule has 50 heavy (non-hydrogen) atoms. The number of amides is 1. The average molecular weight is 689 g/mol. The highest BCUT2D eigenvalue weighted by Crippen LogP contribution is 2.44. The molecule has 0 atom stereocenters. The van der Waals surface area contributed by atoms with Crippen LogP contribution in [-0.4, -0.2) is 48.0 Å². The van der Waals surface area contributed by atoms with Crippen molar-refractivity contribution in [2.75, 3.05) is 13.1 Å². The molecule has 0 spiro atoms. The fraction of sp³-hybridized carbons (Fsp3) is 0.122. The quantitative estimate of drug-likeness (QED) is 0.149. The topological polar surface area (TPSA) is 68.3 Å². The molecule has 0 bridgehead atoms. The molecule has 1 aliphatic rings. The summed E-state index contributed by atoms with van der Waals surface area (Å²) in [6.07, 6.45) is 10.1. The van der Waals surface area contributed by atoms with Gasteiger partial charge in [0.15, 0.2) is 0 Å². The first kappa shape index (κ1) is 30.4. The molecule has 1 amide bonds. The van der Waals surface area contributed by atoms with E-state index in [1.54, 1.807) is 11.3 Å². The lowest BCUT2D eigenvalue weighted by Gasteiger charge is -2.36. The summed E-state index contributed by atoms with van der Waals surface area (Å²) < 4.78 is 4.23. The number of carbonyl (C=O) groups is 1. The van der Waals surface area contributed by atoms with Crippen molar-refractivity contribution < 1.29 is 4.79 Å². The minimum atomic E-state index is -0.798. The number of pyridine rings is 1. The Bertz CT molecular complexity index is 2310. The number of thiazole rings is 1. The van der Waals surface area contributed by atoms with E-state index < -0.39 is 5.54 Å². The van der Waals surface area contributed by atoms with Crippen LogP contribution in [0.4, 0.5) is 0 Å². The van der Waals surface area contributed by atoms with Gasteiger partial charge < -0.3 is 4.90 Å². The summed E-state index contributed by atoms with van der Waals surface area (Å²) in [6.45, 7) is 1.62. The molecule has 6 heterocycles. The minimum Gasteiger partial charge on any atom is -0.338 e. The first-order valence-corrected chi connectivity index (χ1v) is 18.4. The molecule has 0 aliphatic carbocycles. The maximum Gasteiger partial charge on any atom is 0.263 e. The molecule has 5 aromatic heterocycles. The van der Waals surface area contributed by atoms with Crippen molar-refractivity contribution in [3.05, 3.63) is 167 Å². The van der Waals surface area contributed by atoms with Gasteiger partial charge in [0.1, 0.15) is 27.6 Å². The number of hydrogen-bond acceptors (Lipinski definition) is 6. The standard InChI is InChI=1S/C41H32N6OS2/c48-40(45-23-10-11-24-45)36-20-19-35(50-36)38-33(29-18-21-37-43-26-34(46(37)27-29)39-42-22-25-49-39)28-47(44-38)41(30-12-4-1-5-13-30,31-14-6-2-7-15-31)32-16-8-3-9-17-32/h1-9,12-22,25-28H,10-11,23-24H2. The number of carbonyl (C=O) groups excluding carboxylic acids is 1. The van der Waals surface area contributed by atoms with Crippen molar-refractivity contribution >= 4 is 34.2 Å². The summed E-state index contributed by atoms with van der Waals surface area (Å²) in [7, 11) is 0. The minimum absolute atomic E-state index is 0.0971. The number of fused-ring (bicyclic) bond motifs is 1. The normalized spacial score (nSPS) is 13.3. The van der Waals surface area contributed by atoms with Crippen LogP contribution in [0.5, 0.6) is 0 Å². The van der Waals surface area contributed by atoms with Crippen LogP contribution in [0.3, 0.4) is 0 Å². The van der Waals surface area contributed by atoms with Gasteiger partial charge in [-0.1, -0.05) is 91.0 Å². The van der Waals surface area contributed by atoms with Crippen LogP contribution in [0, 0.1) is 0 Å². The Morgan fingerprint density at radius 3 is 2.00 bits per heavy atom. The van der Waals surface area contributed by atoms with Crippen molar-refractivity contribution in [3.63, 3.8) is 0 Å². The highest BCUT2D eigenvalue weighted by Gasteiger charge is 2.40. The third-order valence-electron chi connectivity index (χ3n) is 9.54. The molecule has 9 heteroatoms. The summed E-state index contributed by atoms with van der Waals surface area (Å²) in [5, 5.41) is 8.42. The van der Waals surface area contributed by atoms with Crippen LogP contribution in [0.1, 0.15) is 39.2 Å². The van der Waals surface area contributed by atoms with Crippen molar-refractivity contribution in [2.45, 2.75) is 18.4 Å². The van der Waals surface area contributed by atoms with E-state index >= 15 is 0 Å². The number of nitrogens with zero attached hydrogens (tertiary/aromatic N) is 6. The Morgan fingerprint density at radius 2 is 1.38 bits per heavy atom. The van der Waals surface area contributed by atoms with Gasteiger partial charge in [-0.15, -0.1) is 22.7 Å². The number of thiophene rings is 1. The lowest BCUT2D eigenvalue weighted by molar-refractivity contribution is 0.0797. The van der Waals surface area contributed by atoms with Crippen molar-refractivity contribution in [1.29, 1.82) is 0 Å². The molecule has 244 valence electrons. The van der Waals surface area contributed by atoms with Gasteiger partial charge in [-0.3, -0.25) is 13.9 Å². The highest BCUT2D eigenvalue weighted by molar-refractivity contribution is 7.17. The van der Waals surface area contributed by atoms with E-state index in [-0.39, 0.29) is 5.91 Å². The Kier molecular flexibility index (Phi) is 7.71. The van der Waals surface area contributed by atoms with Crippen LogP contribution >= 0.6 is 22.7 Å². The van der Waals surface area contributed by atoms with Crippen molar-refractivity contribution in [3.8, 4) is 32.4 Å². The highest BCUT2D eigenvalue weighted by atomic mass is 32.1. The first-order valence-electron chi connectivity index (χ1n) is 16.7. The first-order chi connectivity index (χ1) is 24.7. The van der Waals surface area contributed by atoms with Gasteiger partial charge in [0.05, 0.1) is 16.0 Å². The molecule has 1 aliphatic heterocycles. The zero-order valence-corrected chi connectivity index (χ0v) is 28.7. The molecule has 1 saturated heterocycles. The fourth-order valence-electron chi connectivity index (χ4n) is 7.18. The van der Waals surface area contributed by atoms with Gasteiger partial charge in [-0.2, -0.15) is 5.10 Å². The lowest BCUT2D eigenvalue weighted by atomic mass is 9.77. The third-order valence-corrected chi connectivity index (χ3v) is 11.4. The molecule has 0 saturated carbocycles. The van der Waals surface area contributed by atoms with Gasteiger partial charge in [0.25, 0.3) is 5.91 Å². The molecule has 7 nitrogen and oxygen atoms in total. The summed E-state index contributed by atoms with van der Waals surface area (Å²) in [6, 6.07) is 39.9. The maximum atomic E-state index is 13.5. The molecule has 0 N–H and O–H groups in total. The number of aromatic nitrogens is 5. The second-order valence-corrected chi connectivity index (χ2v) is 14.4. The summed E-state index contributed by atoms with van der Waals surface area (Å²) in [4.78, 5) is 26.4. The smallest absolute Gasteiger partial charge is 0.263 e. The Morgan fingerprint density at radius 1 is 0.720 bits per heavy atom. The maximum absolute atomic E-state index is 13.5. The zero-order valence-electron chi connectivity index (χ0n) is 27.1. The number of likely N-dealkylation sites (tertiary alicyclic amines) is 1. The molecule has 0 radical (unpaired) electrons. The molecular weight excluding hydrogens is 657 g/mol. The largest absolute Gasteiger partial charge is 0.338 e. The Balaban J connectivity index is 1.30. The van der Waals surface area contributed by atoms with E-state index in [2.05, 4.69) is 135 Å². The Hall–Kier alpha value is -5.64. The van der Waals surface area contributed by atoms with E-state index in [1.165, 1.54) is 11.3 Å². The van der Waals surface area contributed by atoms with Gasteiger partial charge in [0, 0.05) is 48.2 Å². The summed E-state index contributed by atoms with van der Waals surface area (Å²) in [5.41, 5.74) is 7.01. The molecule has 0 unspecified atom stereocenters. The van der Waals surface area contributed by atoms with E-state index in [9.17, 15) is 4.79 Å². The molecule has 8 aromatic rings. The third kappa shape index (κ3) is 5.09. The van der Waals surface area contributed by atoms with Gasteiger partial charge in [0.2, 0.25) is 0 Å². The van der Waals surface area contributed by atoms with Crippen molar-refractivity contribution in [1.82, 2.24) is 29.0 Å². The van der Waals surface area contributed by atoms with Crippen LogP contribution in [0.2, 0.25) is 0 Å². The second kappa shape index (κ2) is 12.7. The van der Waals surface area contributed by atoms with Gasteiger partial charge in [-0.25, -0.2) is 9.97 Å². The zero-order chi connectivity index (χ0) is 33.5.